The summed E-state index contributed by atoms with van der Waals surface area (Å²) in [6, 6.07) is 0. The quantitative estimate of drug-likeness (QED) is 0.815. The van der Waals surface area contributed by atoms with E-state index in [1.807, 2.05) is 18.9 Å². The van der Waals surface area contributed by atoms with Crippen LogP contribution in [0.5, 0.6) is 0 Å². The number of sulfone groups is 1. The van der Waals surface area contributed by atoms with Crippen LogP contribution in [0.3, 0.4) is 0 Å². The molecule has 1 saturated carbocycles. The van der Waals surface area contributed by atoms with Crippen molar-refractivity contribution >= 4 is 32.2 Å². The van der Waals surface area contributed by atoms with E-state index in [0.29, 0.717) is 23.9 Å². The molecule has 0 radical (unpaired) electrons. The molecule has 1 aliphatic rings. The zero-order valence-electron chi connectivity index (χ0n) is 11.7. The molecule has 6 nitrogen and oxygen atoms in total. The molecule has 3 N–H and O–H groups in total. The monoisotopic (exact) mass is 319 g/mol. The number of aliphatic hydroxyl groups excluding tert-OH is 1. The summed E-state index contributed by atoms with van der Waals surface area (Å²) in [5, 5.41) is 9.92. The molecule has 0 aliphatic heterocycles. The molecule has 1 aromatic heterocycles. The third kappa shape index (κ3) is 3.07. The summed E-state index contributed by atoms with van der Waals surface area (Å²) in [5.41, 5.74) is 5.75. The minimum atomic E-state index is -3.38. The zero-order chi connectivity index (χ0) is 14.9. The van der Waals surface area contributed by atoms with Crippen molar-refractivity contribution in [3.63, 3.8) is 0 Å². The number of nitrogens with zero attached hydrogens (tertiary/aromatic N) is 2. The largest absolute Gasteiger partial charge is 0.393 e. The zero-order valence-corrected chi connectivity index (χ0v) is 13.4. The average Bonchev–Trinajstić information content (AvgIpc) is 2.69. The van der Waals surface area contributed by atoms with E-state index in [4.69, 9.17) is 5.73 Å². The Morgan fingerprint density at radius 1 is 1.50 bits per heavy atom. The van der Waals surface area contributed by atoms with Gasteiger partial charge in [0, 0.05) is 13.6 Å². The SMILES string of the molecule is CCCS(=O)(=O)c1c(N)nsc1N(C)CC1CC(O)C1. The molecule has 0 unspecified atom stereocenters. The fourth-order valence-corrected chi connectivity index (χ4v) is 5.27. The molecule has 1 fully saturated rings. The summed E-state index contributed by atoms with van der Waals surface area (Å²) in [6.07, 6.45) is 1.89. The number of hydrogen-bond acceptors (Lipinski definition) is 7. The number of aromatic nitrogens is 1. The second kappa shape index (κ2) is 5.87. The second-order valence-electron chi connectivity index (χ2n) is 5.39. The Morgan fingerprint density at radius 3 is 2.70 bits per heavy atom. The number of anilines is 2. The summed E-state index contributed by atoms with van der Waals surface area (Å²) in [7, 11) is -1.53. The van der Waals surface area contributed by atoms with Gasteiger partial charge in [-0.25, -0.2) is 8.42 Å². The van der Waals surface area contributed by atoms with Crippen molar-refractivity contribution in [1.29, 1.82) is 0 Å². The van der Waals surface area contributed by atoms with Gasteiger partial charge in [0.1, 0.15) is 9.90 Å². The lowest BCUT2D eigenvalue weighted by Gasteiger charge is -2.34. The van der Waals surface area contributed by atoms with Crippen LogP contribution in [0.15, 0.2) is 4.90 Å². The van der Waals surface area contributed by atoms with Crippen molar-refractivity contribution in [3.8, 4) is 0 Å². The summed E-state index contributed by atoms with van der Waals surface area (Å²) >= 11 is 1.12. The number of hydrogen-bond donors (Lipinski definition) is 2. The van der Waals surface area contributed by atoms with Crippen LogP contribution in [0, 0.1) is 5.92 Å². The molecule has 0 saturated heterocycles. The van der Waals surface area contributed by atoms with E-state index in [0.717, 1.165) is 24.4 Å². The van der Waals surface area contributed by atoms with E-state index in [-0.39, 0.29) is 22.6 Å². The smallest absolute Gasteiger partial charge is 0.185 e. The topological polar surface area (TPSA) is 96.5 Å². The maximum atomic E-state index is 12.3. The molecule has 8 heteroatoms. The fraction of sp³-hybridized carbons (Fsp3) is 0.750. The molecule has 0 aromatic carbocycles. The summed E-state index contributed by atoms with van der Waals surface area (Å²) in [6.45, 7) is 2.54. The van der Waals surface area contributed by atoms with Crippen LogP contribution in [0.2, 0.25) is 0 Å². The normalized spacial score (nSPS) is 22.6. The van der Waals surface area contributed by atoms with Crippen LogP contribution in [-0.2, 0) is 9.84 Å². The van der Waals surface area contributed by atoms with Crippen LogP contribution >= 0.6 is 11.5 Å². The van der Waals surface area contributed by atoms with E-state index in [1.165, 1.54) is 0 Å². The van der Waals surface area contributed by atoms with Crippen molar-refractivity contribution in [2.75, 3.05) is 30.0 Å². The Balaban J connectivity index is 2.20. The highest BCUT2D eigenvalue weighted by Gasteiger charge is 2.31. The van der Waals surface area contributed by atoms with Crippen molar-refractivity contribution in [1.82, 2.24) is 4.37 Å². The Bertz CT molecular complexity index is 565. The molecule has 0 bridgehead atoms. The molecular formula is C12H21N3O3S2. The van der Waals surface area contributed by atoms with Crippen LogP contribution in [-0.4, -0.2) is 43.3 Å². The predicted octanol–water partition coefficient (Wildman–Crippen LogP) is 1.12. The second-order valence-corrected chi connectivity index (χ2v) is 8.19. The predicted molar refractivity (Wildman–Crippen MR) is 80.9 cm³/mol. The molecule has 114 valence electrons. The van der Waals surface area contributed by atoms with E-state index in [2.05, 4.69) is 4.37 Å². The molecule has 0 atom stereocenters. The standard InChI is InChI=1S/C12H21N3O3S2/c1-3-4-20(17,18)10-11(13)14-19-12(10)15(2)7-8-5-9(16)6-8/h8-9,16H,3-7H2,1-2H3,(H2,13,14). The lowest BCUT2D eigenvalue weighted by Crippen LogP contribution is -2.37. The van der Waals surface area contributed by atoms with E-state index in [1.54, 1.807) is 0 Å². The lowest BCUT2D eigenvalue weighted by molar-refractivity contribution is 0.0465. The third-order valence-electron chi connectivity index (χ3n) is 3.53. The van der Waals surface area contributed by atoms with Gasteiger partial charge in [-0.3, -0.25) is 0 Å². The molecule has 0 spiro atoms. The van der Waals surface area contributed by atoms with Crippen LogP contribution in [0.4, 0.5) is 10.8 Å². The Labute approximate surface area is 123 Å². The van der Waals surface area contributed by atoms with Gasteiger partial charge in [-0.2, -0.15) is 4.37 Å². The van der Waals surface area contributed by atoms with Crippen molar-refractivity contribution < 1.29 is 13.5 Å². The lowest BCUT2D eigenvalue weighted by atomic mass is 9.82. The van der Waals surface area contributed by atoms with E-state index >= 15 is 0 Å². The third-order valence-corrected chi connectivity index (χ3v) is 6.61. The summed E-state index contributed by atoms with van der Waals surface area (Å²) in [5.74, 6) is 0.581. The number of rotatable bonds is 6. The highest BCUT2D eigenvalue weighted by Crippen LogP contribution is 2.37. The van der Waals surface area contributed by atoms with Crippen LogP contribution in [0.25, 0.3) is 0 Å². The van der Waals surface area contributed by atoms with Crippen molar-refractivity contribution in [2.24, 2.45) is 5.92 Å². The minimum absolute atomic E-state index is 0.0819. The first kappa shape index (κ1) is 15.5. The number of aliphatic hydroxyl groups is 1. The van der Waals surface area contributed by atoms with Gasteiger partial charge in [0.25, 0.3) is 0 Å². The number of nitrogens with two attached hydrogens (primary N) is 1. The van der Waals surface area contributed by atoms with Gasteiger partial charge in [0.15, 0.2) is 15.7 Å². The van der Waals surface area contributed by atoms with Gasteiger partial charge in [0.2, 0.25) is 0 Å². The summed E-state index contributed by atoms with van der Waals surface area (Å²) < 4.78 is 28.6. The van der Waals surface area contributed by atoms with Gasteiger partial charge < -0.3 is 15.7 Å². The molecular weight excluding hydrogens is 298 g/mol. The molecule has 0 amide bonds. The summed E-state index contributed by atoms with van der Waals surface area (Å²) in [4.78, 5) is 2.07. The average molecular weight is 319 g/mol. The van der Waals surface area contributed by atoms with Crippen molar-refractivity contribution in [3.05, 3.63) is 0 Å². The van der Waals surface area contributed by atoms with E-state index < -0.39 is 9.84 Å². The van der Waals surface area contributed by atoms with Crippen LogP contribution < -0.4 is 10.6 Å². The molecule has 2 rings (SSSR count). The van der Waals surface area contributed by atoms with Gasteiger partial charge in [-0.05, 0) is 36.7 Å². The molecule has 1 aliphatic carbocycles. The number of nitrogen functional groups attached to an aromatic ring is 1. The molecule has 1 aromatic rings. The van der Waals surface area contributed by atoms with Gasteiger partial charge in [-0.1, -0.05) is 6.92 Å². The first-order valence-electron chi connectivity index (χ1n) is 6.72. The van der Waals surface area contributed by atoms with Crippen LogP contribution in [0.1, 0.15) is 26.2 Å². The maximum absolute atomic E-state index is 12.3. The van der Waals surface area contributed by atoms with Gasteiger partial charge in [0.05, 0.1) is 11.9 Å². The van der Waals surface area contributed by atoms with Crippen molar-refractivity contribution in [2.45, 2.75) is 37.2 Å². The van der Waals surface area contributed by atoms with Gasteiger partial charge in [-0.15, -0.1) is 0 Å². The highest BCUT2D eigenvalue weighted by molar-refractivity contribution is 7.91. The van der Waals surface area contributed by atoms with E-state index in [9.17, 15) is 13.5 Å². The molecule has 20 heavy (non-hydrogen) atoms. The first-order valence-corrected chi connectivity index (χ1v) is 9.14. The Hall–Kier alpha value is -0.860. The molecule has 1 heterocycles. The minimum Gasteiger partial charge on any atom is -0.393 e. The Morgan fingerprint density at radius 2 is 2.15 bits per heavy atom. The maximum Gasteiger partial charge on any atom is 0.185 e. The highest BCUT2D eigenvalue weighted by atomic mass is 32.2. The van der Waals surface area contributed by atoms with Gasteiger partial charge >= 0.3 is 0 Å². The fourth-order valence-electron chi connectivity index (χ4n) is 2.51. The Kier molecular flexibility index (Phi) is 4.55. The first-order chi connectivity index (χ1) is 9.35.